The maximum Gasteiger partial charge on any atom is 0.396 e. The highest BCUT2D eigenvalue weighted by molar-refractivity contribution is 7.93. The summed E-state index contributed by atoms with van der Waals surface area (Å²) in [6.45, 7) is 1.47. The van der Waals surface area contributed by atoms with Gasteiger partial charge in [-0.05, 0) is 29.8 Å². The Morgan fingerprint density at radius 1 is 1.22 bits per heavy atom. The van der Waals surface area contributed by atoms with Crippen LogP contribution in [-0.2, 0) is 24.2 Å². The lowest BCUT2D eigenvalue weighted by Crippen LogP contribution is -2.36. The number of hydrogen-bond acceptors (Lipinski definition) is 7. The van der Waals surface area contributed by atoms with Crippen LogP contribution in [0.3, 0.4) is 0 Å². The van der Waals surface area contributed by atoms with E-state index in [1.807, 2.05) is 0 Å². The van der Waals surface area contributed by atoms with E-state index in [1.165, 1.54) is 17.4 Å². The van der Waals surface area contributed by atoms with E-state index in [9.17, 15) is 18.0 Å². The molecule has 0 saturated heterocycles. The van der Waals surface area contributed by atoms with E-state index >= 15 is 0 Å². The van der Waals surface area contributed by atoms with E-state index in [1.54, 1.807) is 35.9 Å². The normalized spacial score (nSPS) is 12.6. The molecule has 6 nitrogen and oxygen atoms in total. The highest BCUT2D eigenvalue weighted by Crippen LogP contribution is 2.33. The van der Waals surface area contributed by atoms with Crippen molar-refractivity contribution in [3.8, 4) is 0 Å². The molecule has 0 aromatic carbocycles. The van der Waals surface area contributed by atoms with Crippen LogP contribution in [0.25, 0.3) is 0 Å². The summed E-state index contributed by atoms with van der Waals surface area (Å²) in [7, 11) is -3.65. The van der Waals surface area contributed by atoms with Gasteiger partial charge in [0.15, 0.2) is 9.84 Å². The molecule has 0 aliphatic rings. The summed E-state index contributed by atoms with van der Waals surface area (Å²) < 4.78 is 30.3. The minimum absolute atomic E-state index is 0.0775. The Bertz CT molecular complexity index is 750. The van der Waals surface area contributed by atoms with Crippen molar-refractivity contribution in [2.75, 3.05) is 13.2 Å². The lowest BCUT2D eigenvalue weighted by molar-refractivity contribution is -0.154. The molecule has 23 heavy (non-hydrogen) atoms. The minimum Gasteiger partial charge on any atom is -0.459 e. The van der Waals surface area contributed by atoms with Crippen molar-refractivity contribution in [3.05, 3.63) is 39.9 Å². The van der Waals surface area contributed by atoms with Crippen LogP contribution in [0.15, 0.2) is 39.2 Å². The first kappa shape index (κ1) is 17.6. The van der Waals surface area contributed by atoms with Gasteiger partial charge in [0.25, 0.3) is 0 Å². The summed E-state index contributed by atoms with van der Waals surface area (Å²) in [6.07, 6.45) is 0. The Balaban J connectivity index is 2.20. The maximum atomic E-state index is 12.7. The van der Waals surface area contributed by atoms with Gasteiger partial charge >= 0.3 is 11.9 Å². The van der Waals surface area contributed by atoms with E-state index in [0.29, 0.717) is 4.88 Å². The fourth-order valence-electron chi connectivity index (χ4n) is 1.86. The molecule has 2 aromatic rings. The standard InChI is InChI=1S/C14H15NO5S3/c1-2-20-14(17)13(16)15-9-11(10-5-3-7-21-10)23(18,19)12-6-4-8-22-12/h3-8,11H,2,9H2,1H3,(H,15,16)/t11-/m0/s1. The van der Waals surface area contributed by atoms with E-state index in [0.717, 1.165) is 11.3 Å². The Kier molecular flexibility index (Phi) is 5.91. The molecular weight excluding hydrogens is 358 g/mol. The van der Waals surface area contributed by atoms with Crippen molar-refractivity contribution < 1.29 is 22.7 Å². The molecule has 0 fully saturated rings. The van der Waals surface area contributed by atoms with Crippen molar-refractivity contribution >= 4 is 44.4 Å². The molecule has 1 atom stereocenters. The molecule has 2 aromatic heterocycles. The summed E-state index contributed by atoms with van der Waals surface area (Å²) >= 11 is 2.40. The Morgan fingerprint density at radius 3 is 2.48 bits per heavy atom. The zero-order chi connectivity index (χ0) is 16.9. The number of esters is 1. The van der Waals surface area contributed by atoms with Gasteiger partial charge in [0.1, 0.15) is 9.46 Å². The third-order valence-electron chi connectivity index (χ3n) is 2.92. The van der Waals surface area contributed by atoms with Crippen LogP contribution in [0.4, 0.5) is 0 Å². The van der Waals surface area contributed by atoms with Crippen LogP contribution in [0, 0.1) is 0 Å². The number of amides is 1. The molecule has 0 spiro atoms. The predicted octanol–water partition coefficient (Wildman–Crippen LogP) is 2.00. The summed E-state index contributed by atoms with van der Waals surface area (Å²) in [5.41, 5.74) is 0. The van der Waals surface area contributed by atoms with Crippen LogP contribution < -0.4 is 5.32 Å². The minimum atomic E-state index is -3.65. The topological polar surface area (TPSA) is 89.5 Å². The number of nitrogens with one attached hydrogen (secondary N) is 1. The van der Waals surface area contributed by atoms with Crippen molar-refractivity contribution in [1.82, 2.24) is 5.32 Å². The van der Waals surface area contributed by atoms with Gasteiger partial charge in [-0.25, -0.2) is 13.2 Å². The van der Waals surface area contributed by atoms with Crippen LogP contribution in [-0.4, -0.2) is 33.4 Å². The zero-order valence-corrected chi connectivity index (χ0v) is 14.7. The van der Waals surface area contributed by atoms with Crippen LogP contribution in [0.2, 0.25) is 0 Å². The Labute approximate surface area is 142 Å². The second-order valence-corrected chi connectivity index (χ2v) is 8.70. The molecule has 0 unspecified atom stereocenters. The van der Waals surface area contributed by atoms with Crippen molar-refractivity contribution in [3.63, 3.8) is 0 Å². The fraction of sp³-hybridized carbons (Fsp3) is 0.286. The van der Waals surface area contributed by atoms with E-state index in [2.05, 4.69) is 10.1 Å². The van der Waals surface area contributed by atoms with Crippen LogP contribution >= 0.6 is 22.7 Å². The Morgan fingerprint density at radius 2 is 1.91 bits per heavy atom. The average Bonchev–Trinajstić information content (AvgIpc) is 3.21. The molecule has 0 aliphatic carbocycles. The second kappa shape index (κ2) is 7.71. The second-order valence-electron chi connectivity index (χ2n) is 4.41. The molecule has 0 aliphatic heterocycles. The summed E-state index contributed by atoms with van der Waals surface area (Å²) in [6, 6.07) is 6.61. The predicted molar refractivity (Wildman–Crippen MR) is 88.2 cm³/mol. The first-order valence-corrected chi connectivity index (χ1v) is 10.0. The first-order chi connectivity index (χ1) is 11.0. The monoisotopic (exact) mass is 373 g/mol. The van der Waals surface area contributed by atoms with Crippen molar-refractivity contribution in [2.45, 2.75) is 16.4 Å². The number of hydrogen-bond donors (Lipinski definition) is 1. The number of ether oxygens (including phenoxy) is 1. The fourth-order valence-corrected chi connectivity index (χ4v) is 5.85. The lowest BCUT2D eigenvalue weighted by atomic mass is 10.3. The highest BCUT2D eigenvalue weighted by Gasteiger charge is 2.32. The molecular formula is C14H15NO5S3. The SMILES string of the molecule is CCOC(=O)C(=O)NC[C@@H](c1cccs1)S(=O)(=O)c1cccs1. The average molecular weight is 373 g/mol. The van der Waals surface area contributed by atoms with Gasteiger partial charge in [0.05, 0.1) is 6.61 Å². The van der Waals surface area contributed by atoms with E-state index in [-0.39, 0.29) is 17.4 Å². The molecule has 9 heteroatoms. The Hall–Kier alpha value is -1.71. The number of carbonyl (C=O) groups excluding carboxylic acids is 2. The number of carbonyl (C=O) groups is 2. The summed E-state index contributed by atoms with van der Waals surface area (Å²) in [4.78, 5) is 23.6. The summed E-state index contributed by atoms with van der Waals surface area (Å²) in [5.74, 6) is -1.97. The van der Waals surface area contributed by atoms with Crippen LogP contribution in [0.1, 0.15) is 17.1 Å². The molecule has 1 amide bonds. The largest absolute Gasteiger partial charge is 0.459 e. The van der Waals surface area contributed by atoms with Gasteiger partial charge in [0.2, 0.25) is 0 Å². The molecule has 0 saturated carbocycles. The van der Waals surface area contributed by atoms with Gasteiger partial charge in [0, 0.05) is 11.4 Å². The van der Waals surface area contributed by atoms with Crippen molar-refractivity contribution in [1.29, 1.82) is 0 Å². The third-order valence-corrected chi connectivity index (χ3v) is 7.57. The zero-order valence-electron chi connectivity index (χ0n) is 12.2. The highest BCUT2D eigenvalue weighted by atomic mass is 32.2. The number of sulfone groups is 1. The summed E-state index contributed by atoms with van der Waals surface area (Å²) in [5, 5.41) is 4.84. The number of thiophene rings is 2. The first-order valence-electron chi connectivity index (χ1n) is 6.72. The molecule has 2 heterocycles. The number of rotatable bonds is 6. The van der Waals surface area contributed by atoms with Gasteiger partial charge < -0.3 is 10.1 Å². The van der Waals surface area contributed by atoms with Gasteiger partial charge in [-0.3, -0.25) is 4.79 Å². The van der Waals surface area contributed by atoms with E-state index < -0.39 is 27.0 Å². The molecule has 0 radical (unpaired) electrons. The van der Waals surface area contributed by atoms with Gasteiger partial charge in [-0.15, -0.1) is 22.7 Å². The van der Waals surface area contributed by atoms with Gasteiger partial charge in [-0.2, -0.15) is 0 Å². The smallest absolute Gasteiger partial charge is 0.396 e. The molecule has 1 N–H and O–H groups in total. The maximum absolute atomic E-state index is 12.7. The quantitative estimate of drug-likeness (QED) is 0.618. The molecule has 0 bridgehead atoms. The third kappa shape index (κ3) is 4.18. The molecule has 2 rings (SSSR count). The van der Waals surface area contributed by atoms with Gasteiger partial charge in [-0.1, -0.05) is 12.1 Å². The van der Waals surface area contributed by atoms with E-state index in [4.69, 9.17) is 0 Å². The lowest BCUT2D eigenvalue weighted by Gasteiger charge is -2.16. The van der Waals surface area contributed by atoms with Crippen LogP contribution in [0.5, 0.6) is 0 Å². The molecule has 124 valence electrons. The van der Waals surface area contributed by atoms with Crippen molar-refractivity contribution in [2.24, 2.45) is 0 Å².